The molecule has 0 aliphatic carbocycles. The summed E-state index contributed by atoms with van der Waals surface area (Å²) in [6, 6.07) is 4.29. The fraction of sp³-hybridized carbons (Fsp3) is 0.300. The molecule has 1 heterocycles. The van der Waals surface area contributed by atoms with E-state index in [-0.39, 0.29) is 11.5 Å². The average Bonchev–Trinajstić information content (AvgIpc) is 2.50. The number of likely N-dealkylation sites (N-methyl/N-ethyl adjacent to an activating group) is 1. The summed E-state index contributed by atoms with van der Waals surface area (Å²) in [5.41, 5.74) is 1.07. The van der Waals surface area contributed by atoms with E-state index < -0.39 is 0 Å². The number of nitrogens with one attached hydrogen (secondary N) is 2. The molecule has 1 aromatic heterocycles. The van der Waals surface area contributed by atoms with E-state index in [4.69, 9.17) is 0 Å². The van der Waals surface area contributed by atoms with Gasteiger partial charge in [0.15, 0.2) is 0 Å². The van der Waals surface area contributed by atoms with Gasteiger partial charge in [-0.15, -0.1) is 0 Å². The van der Waals surface area contributed by atoms with Crippen molar-refractivity contribution in [2.24, 2.45) is 0 Å². The van der Waals surface area contributed by atoms with Crippen LogP contribution in [0.5, 0.6) is 0 Å². The minimum Gasteiger partial charge on any atom is -0.318 e. The molecule has 5 heteroatoms. The molecule has 2 N–H and O–H groups in total. The minimum absolute atomic E-state index is 0.203. The van der Waals surface area contributed by atoms with E-state index >= 15 is 0 Å². The Kier molecular flexibility index (Phi) is 2.55. The van der Waals surface area contributed by atoms with Gasteiger partial charge in [0.2, 0.25) is 0 Å². The quantitative estimate of drug-likeness (QED) is 0.781. The predicted molar refractivity (Wildman–Crippen MR) is 56.4 cm³/mol. The lowest BCUT2D eigenvalue weighted by Gasteiger charge is -2.01. The first-order valence-electron chi connectivity index (χ1n) is 4.75. The van der Waals surface area contributed by atoms with Crippen LogP contribution < -0.4 is 11.0 Å². The van der Waals surface area contributed by atoms with Crippen LogP contribution in [0.3, 0.4) is 0 Å². The molecular formula is C10H12FN3O. The predicted octanol–water partition coefficient (Wildman–Crippen LogP) is 0.688. The van der Waals surface area contributed by atoms with Crippen molar-refractivity contribution in [2.45, 2.75) is 6.54 Å². The Labute approximate surface area is 85.7 Å². The van der Waals surface area contributed by atoms with Gasteiger partial charge < -0.3 is 10.3 Å². The Balaban J connectivity index is 2.53. The molecule has 0 aliphatic rings. The van der Waals surface area contributed by atoms with Crippen molar-refractivity contribution in [1.82, 2.24) is 14.9 Å². The second-order valence-corrected chi connectivity index (χ2v) is 3.35. The van der Waals surface area contributed by atoms with Crippen molar-refractivity contribution < 1.29 is 4.39 Å². The van der Waals surface area contributed by atoms with Gasteiger partial charge >= 0.3 is 5.69 Å². The van der Waals surface area contributed by atoms with Crippen molar-refractivity contribution in [3.05, 3.63) is 34.5 Å². The first-order valence-corrected chi connectivity index (χ1v) is 4.75. The maximum Gasteiger partial charge on any atom is 0.326 e. The summed E-state index contributed by atoms with van der Waals surface area (Å²) in [4.78, 5) is 14.1. The maximum atomic E-state index is 12.9. The summed E-state index contributed by atoms with van der Waals surface area (Å²) in [6.07, 6.45) is 0. The van der Waals surface area contributed by atoms with Gasteiger partial charge in [-0.1, -0.05) is 0 Å². The van der Waals surface area contributed by atoms with Crippen LogP contribution in [0.2, 0.25) is 0 Å². The molecule has 2 aromatic rings. The third kappa shape index (κ3) is 1.78. The fourth-order valence-electron chi connectivity index (χ4n) is 1.58. The molecule has 15 heavy (non-hydrogen) atoms. The largest absolute Gasteiger partial charge is 0.326 e. The zero-order valence-electron chi connectivity index (χ0n) is 8.38. The number of nitrogens with zero attached hydrogens (tertiary/aromatic N) is 1. The number of aromatic nitrogens is 2. The lowest BCUT2D eigenvalue weighted by atomic mass is 10.3. The number of hydrogen-bond acceptors (Lipinski definition) is 2. The second kappa shape index (κ2) is 3.86. The lowest BCUT2D eigenvalue weighted by molar-refractivity contribution is 0.628. The van der Waals surface area contributed by atoms with Crippen LogP contribution in [0.4, 0.5) is 4.39 Å². The van der Waals surface area contributed by atoms with Crippen molar-refractivity contribution in [1.29, 1.82) is 0 Å². The Morgan fingerprint density at radius 2 is 2.33 bits per heavy atom. The zero-order chi connectivity index (χ0) is 10.8. The number of benzene rings is 1. The van der Waals surface area contributed by atoms with E-state index in [2.05, 4.69) is 10.3 Å². The summed E-state index contributed by atoms with van der Waals surface area (Å²) in [5.74, 6) is -0.343. The van der Waals surface area contributed by atoms with Gasteiger partial charge in [-0.3, -0.25) is 4.57 Å². The molecule has 4 nitrogen and oxygen atoms in total. The molecule has 0 fully saturated rings. The highest BCUT2D eigenvalue weighted by Crippen LogP contribution is 2.11. The second-order valence-electron chi connectivity index (χ2n) is 3.35. The van der Waals surface area contributed by atoms with Crippen LogP contribution >= 0.6 is 0 Å². The summed E-state index contributed by atoms with van der Waals surface area (Å²) in [6.45, 7) is 1.27. The molecule has 0 bridgehead atoms. The minimum atomic E-state index is -0.343. The normalized spacial score (nSPS) is 11.1. The average molecular weight is 209 g/mol. The van der Waals surface area contributed by atoms with Crippen LogP contribution in [-0.4, -0.2) is 23.1 Å². The van der Waals surface area contributed by atoms with E-state index in [1.165, 1.54) is 12.1 Å². The summed E-state index contributed by atoms with van der Waals surface area (Å²) < 4.78 is 14.5. The number of H-pyrrole nitrogens is 1. The third-order valence-corrected chi connectivity index (χ3v) is 2.32. The van der Waals surface area contributed by atoms with Crippen molar-refractivity contribution in [3.63, 3.8) is 0 Å². The Bertz CT molecular complexity index is 529. The highest BCUT2D eigenvalue weighted by atomic mass is 19.1. The number of aromatic amines is 1. The van der Waals surface area contributed by atoms with Crippen LogP contribution in [-0.2, 0) is 6.54 Å². The summed E-state index contributed by atoms with van der Waals surface area (Å²) in [5, 5.41) is 2.96. The molecule has 80 valence electrons. The molecule has 0 saturated carbocycles. The van der Waals surface area contributed by atoms with E-state index in [9.17, 15) is 9.18 Å². The van der Waals surface area contributed by atoms with E-state index in [1.807, 2.05) is 7.05 Å². The zero-order valence-corrected chi connectivity index (χ0v) is 8.38. The van der Waals surface area contributed by atoms with Gasteiger partial charge in [0, 0.05) is 13.1 Å². The molecule has 0 radical (unpaired) electrons. The highest BCUT2D eigenvalue weighted by molar-refractivity contribution is 5.75. The Morgan fingerprint density at radius 1 is 1.53 bits per heavy atom. The molecule has 0 saturated heterocycles. The van der Waals surface area contributed by atoms with Crippen LogP contribution in [0.1, 0.15) is 0 Å². The third-order valence-electron chi connectivity index (χ3n) is 2.32. The molecule has 1 aromatic carbocycles. The van der Waals surface area contributed by atoms with Gasteiger partial charge in [-0.25, -0.2) is 9.18 Å². The van der Waals surface area contributed by atoms with Gasteiger partial charge in [0.05, 0.1) is 11.0 Å². The van der Waals surface area contributed by atoms with E-state index in [0.717, 1.165) is 5.52 Å². The van der Waals surface area contributed by atoms with Crippen molar-refractivity contribution >= 4 is 11.0 Å². The van der Waals surface area contributed by atoms with E-state index in [1.54, 1.807) is 10.6 Å². The maximum absolute atomic E-state index is 12.9. The molecule has 2 rings (SSSR count). The number of halogens is 1. The van der Waals surface area contributed by atoms with Crippen LogP contribution in [0.15, 0.2) is 23.0 Å². The number of hydrogen-bond donors (Lipinski definition) is 2. The molecule has 0 amide bonds. The number of imidazole rings is 1. The Morgan fingerprint density at radius 3 is 3.07 bits per heavy atom. The molecule has 0 unspecified atom stereocenters. The van der Waals surface area contributed by atoms with E-state index in [0.29, 0.717) is 18.6 Å². The topological polar surface area (TPSA) is 49.8 Å². The number of fused-ring (bicyclic) bond motifs is 1. The monoisotopic (exact) mass is 209 g/mol. The van der Waals surface area contributed by atoms with Gasteiger partial charge in [0.1, 0.15) is 5.82 Å². The molecular weight excluding hydrogens is 197 g/mol. The smallest absolute Gasteiger partial charge is 0.318 e. The van der Waals surface area contributed by atoms with Gasteiger partial charge in [0.25, 0.3) is 0 Å². The Hall–Kier alpha value is -1.62. The molecule has 0 atom stereocenters. The SMILES string of the molecule is CNCCn1c(=O)[nH]c2cc(F)ccc21. The van der Waals surface area contributed by atoms with Crippen LogP contribution in [0.25, 0.3) is 11.0 Å². The van der Waals surface area contributed by atoms with Crippen LogP contribution in [0, 0.1) is 5.82 Å². The summed E-state index contributed by atoms with van der Waals surface area (Å²) >= 11 is 0. The van der Waals surface area contributed by atoms with Crippen molar-refractivity contribution in [3.8, 4) is 0 Å². The lowest BCUT2D eigenvalue weighted by Crippen LogP contribution is -2.23. The molecule has 0 spiro atoms. The van der Waals surface area contributed by atoms with Gasteiger partial charge in [-0.05, 0) is 25.2 Å². The first kappa shape index (κ1) is 9.92. The standard InChI is InChI=1S/C10H12FN3O/c1-12-4-5-14-9-3-2-7(11)6-8(9)13-10(14)15/h2-3,6,12H,4-5H2,1H3,(H,13,15). The van der Waals surface area contributed by atoms with Crippen molar-refractivity contribution in [2.75, 3.05) is 13.6 Å². The first-order chi connectivity index (χ1) is 7.22. The highest BCUT2D eigenvalue weighted by Gasteiger charge is 2.06. The van der Waals surface area contributed by atoms with Gasteiger partial charge in [-0.2, -0.15) is 0 Å². The fourth-order valence-corrected chi connectivity index (χ4v) is 1.58. The molecule has 0 aliphatic heterocycles. The summed E-state index contributed by atoms with van der Waals surface area (Å²) in [7, 11) is 1.82. The number of rotatable bonds is 3.